The lowest BCUT2D eigenvalue weighted by Gasteiger charge is -2.34. The van der Waals surface area contributed by atoms with E-state index in [0.717, 1.165) is 9.26 Å². The minimum atomic E-state index is -0.0966. The zero-order chi connectivity index (χ0) is 17.7. The summed E-state index contributed by atoms with van der Waals surface area (Å²) >= 11 is 8.20. The zero-order valence-corrected chi connectivity index (χ0v) is 16.3. The molecule has 0 saturated carbocycles. The van der Waals surface area contributed by atoms with Crippen LogP contribution in [0.15, 0.2) is 24.8 Å². The van der Waals surface area contributed by atoms with Crippen molar-refractivity contribution in [1.29, 1.82) is 0 Å². The SMILES string of the molecule is C=CC(=O)N1CCN(C(=O)CNc2cc(I)c(Cl)cc2OC)CC1. The van der Waals surface area contributed by atoms with Crippen LogP contribution in [0.4, 0.5) is 5.69 Å². The van der Waals surface area contributed by atoms with Gasteiger partial charge in [-0.2, -0.15) is 0 Å². The van der Waals surface area contributed by atoms with E-state index in [0.29, 0.717) is 37.0 Å². The van der Waals surface area contributed by atoms with Gasteiger partial charge in [-0.05, 0) is 34.7 Å². The Hall–Kier alpha value is -1.48. The molecule has 2 amide bonds. The summed E-state index contributed by atoms with van der Waals surface area (Å²) < 4.78 is 6.16. The van der Waals surface area contributed by atoms with Crippen LogP contribution in [0.3, 0.4) is 0 Å². The average Bonchev–Trinajstić information content (AvgIpc) is 2.61. The topological polar surface area (TPSA) is 61.9 Å². The maximum Gasteiger partial charge on any atom is 0.246 e. The second-order valence-corrected chi connectivity index (χ2v) is 6.80. The Kier molecular flexibility index (Phi) is 6.73. The number of carbonyl (C=O) groups excluding carboxylic acids is 2. The molecule has 0 atom stereocenters. The molecule has 2 rings (SSSR count). The number of benzene rings is 1. The maximum atomic E-state index is 12.3. The lowest BCUT2D eigenvalue weighted by atomic mass is 10.2. The monoisotopic (exact) mass is 463 g/mol. The number of methoxy groups -OCH3 is 1. The Balaban J connectivity index is 1.91. The number of anilines is 1. The van der Waals surface area contributed by atoms with Gasteiger partial charge in [0, 0.05) is 35.8 Å². The van der Waals surface area contributed by atoms with Gasteiger partial charge in [-0.15, -0.1) is 0 Å². The average molecular weight is 464 g/mol. The summed E-state index contributed by atoms with van der Waals surface area (Å²) in [5, 5.41) is 3.70. The van der Waals surface area contributed by atoms with Crippen molar-refractivity contribution in [2.45, 2.75) is 0 Å². The van der Waals surface area contributed by atoms with Gasteiger partial charge in [0.25, 0.3) is 0 Å². The van der Waals surface area contributed by atoms with Gasteiger partial charge in [-0.25, -0.2) is 0 Å². The number of ether oxygens (including phenoxy) is 1. The van der Waals surface area contributed by atoms with Crippen LogP contribution in [0.1, 0.15) is 0 Å². The second kappa shape index (κ2) is 8.57. The highest BCUT2D eigenvalue weighted by Gasteiger charge is 2.22. The molecule has 1 fully saturated rings. The number of rotatable bonds is 5. The molecule has 1 aromatic rings. The zero-order valence-electron chi connectivity index (χ0n) is 13.3. The van der Waals surface area contributed by atoms with Crippen molar-refractivity contribution < 1.29 is 14.3 Å². The number of nitrogens with zero attached hydrogens (tertiary/aromatic N) is 2. The highest BCUT2D eigenvalue weighted by Crippen LogP contribution is 2.32. The van der Waals surface area contributed by atoms with Crippen molar-refractivity contribution in [3.05, 3.63) is 33.4 Å². The van der Waals surface area contributed by atoms with Crippen LogP contribution in [-0.4, -0.2) is 61.4 Å². The van der Waals surface area contributed by atoms with E-state index in [-0.39, 0.29) is 18.4 Å². The number of carbonyl (C=O) groups is 2. The number of hydrogen-bond acceptors (Lipinski definition) is 4. The minimum absolute atomic E-state index is 0.0206. The molecule has 24 heavy (non-hydrogen) atoms. The number of piperazine rings is 1. The van der Waals surface area contributed by atoms with Crippen molar-refractivity contribution in [2.24, 2.45) is 0 Å². The highest BCUT2D eigenvalue weighted by molar-refractivity contribution is 14.1. The van der Waals surface area contributed by atoms with E-state index in [2.05, 4.69) is 34.5 Å². The van der Waals surface area contributed by atoms with Crippen molar-refractivity contribution in [1.82, 2.24) is 9.80 Å². The van der Waals surface area contributed by atoms with E-state index in [9.17, 15) is 9.59 Å². The molecular weight excluding hydrogens is 445 g/mol. The lowest BCUT2D eigenvalue weighted by molar-refractivity contribution is -0.135. The fraction of sp³-hybridized carbons (Fsp3) is 0.375. The third kappa shape index (κ3) is 4.54. The van der Waals surface area contributed by atoms with Crippen molar-refractivity contribution >= 4 is 51.7 Å². The molecule has 130 valence electrons. The molecule has 1 aliphatic rings. The summed E-state index contributed by atoms with van der Waals surface area (Å²) in [6, 6.07) is 3.56. The van der Waals surface area contributed by atoms with E-state index in [4.69, 9.17) is 16.3 Å². The quantitative estimate of drug-likeness (QED) is 0.537. The molecule has 1 aromatic carbocycles. The Morgan fingerprint density at radius 2 is 1.96 bits per heavy atom. The summed E-state index contributed by atoms with van der Waals surface area (Å²) in [4.78, 5) is 27.3. The van der Waals surface area contributed by atoms with Gasteiger partial charge in [0.05, 0.1) is 24.4 Å². The molecular formula is C16H19ClIN3O3. The van der Waals surface area contributed by atoms with Crippen LogP contribution >= 0.6 is 34.2 Å². The standard InChI is InChI=1S/C16H19ClIN3O3/c1-3-15(22)20-4-6-21(7-5-20)16(23)10-19-13-9-12(18)11(17)8-14(13)24-2/h3,8-9,19H,1,4-7,10H2,2H3. The first-order valence-electron chi connectivity index (χ1n) is 7.42. The smallest absolute Gasteiger partial charge is 0.246 e. The van der Waals surface area contributed by atoms with Crippen LogP contribution in [0, 0.1) is 3.57 Å². The van der Waals surface area contributed by atoms with E-state index < -0.39 is 0 Å². The van der Waals surface area contributed by atoms with Gasteiger partial charge in [0.1, 0.15) is 5.75 Å². The van der Waals surface area contributed by atoms with Gasteiger partial charge in [-0.1, -0.05) is 18.2 Å². The van der Waals surface area contributed by atoms with E-state index in [1.54, 1.807) is 23.0 Å². The van der Waals surface area contributed by atoms with Crippen LogP contribution < -0.4 is 10.1 Å². The minimum Gasteiger partial charge on any atom is -0.495 e. The summed E-state index contributed by atoms with van der Waals surface area (Å²) in [6.07, 6.45) is 1.30. The summed E-state index contributed by atoms with van der Waals surface area (Å²) in [5.41, 5.74) is 0.722. The Morgan fingerprint density at radius 1 is 1.33 bits per heavy atom. The largest absolute Gasteiger partial charge is 0.495 e. The van der Waals surface area contributed by atoms with Gasteiger partial charge in [-0.3, -0.25) is 9.59 Å². The first kappa shape index (κ1) is 18.9. The normalized spacial score (nSPS) is 14.3. The van der Waals surface area contributed by atoms with Crippen LogP contribution in [0.2, 0.25) is 5.02 Å². The number of amides is 2. The van der Waals surface area contributed by atoms with Gasteiger partial charge >= 0.3 is 0 Å². The molecule has 0 radical (unpaired) electrons. The van der Waals surface area contributed by atoms with Gasteiger partial charge in [0.2, 0.25) is 11.8 Å². The number of hydrogen-bond donors (Lipinski definition) is 1. The summed E-state index contributed by atoms with van der Waals surface area (Å²) in [7, 11) is 1.56. The van der Waals surface area contributed by atoms with Gasteiger partial charge < -0.3 is 19.9 Å². The molecule has 0 spiro atoms. The molecule has 0 aliphatic carbocycles. The van der Waals surface area contributed by atoms with Gasteiger partial charge in [0.15, 0.2) is 0 Å². The van der Waals surface area contributed by atoms with E-state index in [1.165, 1.54) is 6.08 Å². The third-order valence-corrected chi connectivity index (χ3v) is 5.32. The Morgan fingerprint density at radius 3 is 2.54 bits per heavy atom. The highest BCUT2D eigenvalue weighted by atomic mass is 127. The molecule has 1 aliphatic heterocycles. The maximum absolute atomic E-state index is 12.3. The molecule has 0 unspecified atom stereocenters. The van der Waals surface area contributed by atoms with E-state index in [1.807, 2.05) is 6.07 Å². The predicted octanol–water partition coefficient (Wildman–Crippen LogP) is 2.22. The van der Waals surface area contributed by atoms with Crippen LogP contribution in [0.5, 0.6) is 5.75 Å². The van der Waals surface area contributed by atoms with Crippen LogP contribution in [-0.2, 0) is 9.59 Å². The molecule has 1 N–H and O–H groups in total. The molecule has 1 heterocycles. The number of halogens is 2. The summed E-state index contributed by atoms with van der Waals surface area (Å²) in [5.74, 6) is 0.475. The molecule has 1 saturated heterocycles. The van der Waals surface area contributed by atoms with E-state index >= 15 is 0 Å². The first-order valence-corrected chi connectivity index (χ1v) is 8.88. The fourth-order valence-corrected chi connectivity index (χ4v) is 3.04. The summed E-state index contributed by atoms with van der Waals surface area (Å²) in [6.45, 7) is 5.73. The number of nitrogens with one attached hydrogen (secondary N) is 1. The van der Waals surface area contributed by atoms with Crippen LogP contribution in [0.25, 0.3) is 0 Å². The molecule has 6 nitrogen and oxygen atoms in total. The fourth-order valence-electron chi connectivity index (χ4n) is 2.42. The Bertz CT molecular complexity index is 646. The predicted molar refractivity (Wildman–Crippen MR) is 103 cm³/mol. The van der Waals surface area contributed by atoms with Crippen molar-refractivity contribution in [2.75, 3.05) is 45.2 Å². The lowest BCUT2D eigenvalue weighted by Crippen LogP contribution is -2.51. The molecule has 0 aromatic heterocycles. The van der Waals surface area contributed by atoms with Crippen molar-refractivity contribution in [3.8, 4) is 5.75 Å². The third-order valence-electron chi connectivity index (χ3n) is 3.79. The van der Waals surface area contributed by atoms with Crippen molar-refractivity contribution in [3.63, 3.8) is 0 Å². The Labute approximate surface area is 159 Å². The molecule has 8 heteroatoms. The molecule has 0 bridgehead atoms. The second-order valence-electron chi connectivity index (χ2n) is 5.23. The first-order chi connectivity index (χ1) is 11.5.